The number of carbonyl (C=O) groups is 1. The van der Waals surface area contributed by atoms with E-state index in [1.165, 1.54) is 0 Å². The Balaban J connectivity index is 3.25. The second kappa shape index (κ2) is 5.86. The number of carbonyl (C=O) groups excluding carboxylic acids is 1. The third kappa shape index (κ3) is 3.33. The summed E-state index contributed by atoms with van der Waals surface area (Å²) >= 11 is 5.41. The highest BCUT2D eigenvalue weighted by Gasteiger charge is 2.22. The molecule has 1 aromatic heterocycles. The molecule has 0 bridgehead atoms. The summed E-state index contributed by atoms with van der Waals surface area (Å²) in [7, 11) is 1.12. The molecule has 0 spiro atoms. The van der Waals surface area contributed by atoms with E-state index < -0.39 is 30.3 Å². The van der Waals surface area contributed by atoms with Gasteiger partial charge in [0.15, 0.2) is 0 Å². The predicted molar refractivity (Wildman–Crippen MR) is 54.4 cm³/mol. The molecule has 0 aromatic carbocycles. The number of hydrogen-bond donors (Lipinski definition) is 0. The number of hydrogen-bond acceptors (Lipinski definition) is 3. The largest absolute Gasteiger partial charge is 0.469 e. The minimum Gasteiger partial charge on any atom is -0.469 e. The maximum atomic E-state index is 13.0. The highest BCUT2D eigenvalue weighted by molar-refractivity contribution is 6.17. The van der Waals surface area contributed by atoms with E-state index in [1.807, 2.05) is 0 Å². The maximum absolute atomic E-state index is 13.0. The van der Waals surface area contributed by atoms with Gasteiger partial charge in [-0.3, -0.25) is 4.79 Å². The van der Waals surface area contributed by atoms with E-state index >= 15 is 0 Å². The number of rotatable bonds is 4. The van der Waals surface area contributed by atoms with Gasteiger partial charge in [-0.15, -0.1) is 11.6 Å². The number of halogens is 4. The summed E-state index contributed by atoms with van der Waals surface area (Å²) in [6.07, 6.45) is -3.32. The third-order valence-corrected chi connectivity index (χ3v) is 2.35. The number of ether oxygens (including phenoxy) is 1. The summed E-state index contributed by atoms with van der Waals surface area (Å²) in [6.45, 7) is 0. The normalized spacial score (nSPS) is 10.7. The van der Waals surface area contributed by atoms with Crippen LogP contribution in [0.3, 0.4) is 0 Å². The lowest BCUT2D eigenvalue weighted by atomic mass is 10.0. The highest BCUT2D eigenvalue weighted by Crippen LogP contribution is 2.28. The van der Waals surface area contributed by atoms with Gasteiger partial charge in [-0.2, -0.15) is 4.39 Å². The van der Waals surface area contributed by atoms with Crippen LogP contribution < -0.4 is 0 Å². The van der Waals surface area contributed by atoms with Crippen molar-refractivity contribution >= 4 is 17.6 Å². The van der Waals surface area contributed by atoms with E-state index in [0.717, 1.165) is 13.2 Å². The molecule has 0 atom stereocenters. The monoisotopic (exact) mass is 267 g/mol. The van der Waals surface area contributed by atoms with Crippen LogP contribution in [0.15, 0.2) is 6.07 Å². The Hall–Kier alpha value is -1.30. The van der Waals surface area contributed by atoms with Gasteiger partial charge >= 0.3 is 5.97 Å². The Morgan fingerprint density at radius 2 is 2.24 bits per heavy atom. The van der Waals surface area contributed by atoms with E-state index in [-0.39, 0.29) is 17.1 Å². The molecule has 0 fully saturated rings. The molecule has 0 unspecified atom stereocenters. The third-order valence-electron chi connectivity index (χ3n) is 2.10. The van der Waals surface area contributed by atoms with Crippen molar-refractivity contribution in [3.05, 3.63) is 28.8 Å². The zero-order valence-corrected chi connectivity index (χ0v) is 9.60. The van der Waals surface area contributed by atoms with Crippen LogP contribution in [-0.2, 0) is 21.8 Å². The van der Waals surface area contributed by atoms with Crippen molar-refractivity contribution in [3.8, 4) is 0 Å². The lowest BCUT2D eigenvalue weighted by Gasteiger charge is -2.11. The van der Waals surface area contributed by atoms with Crippen molar-refractivity contribution in [2.45, 2.75) is 18.7 Å². The topological polar surface area (TPSA) is 39.2 Å². The van der Waals surface area contributed by atoms with Gasteiger partial charge in [0, 0.05) is 5.56 Å². The van der Waals surface area contributed by atoms with Crippen molar-refractivity contribution in [3.63, 3.8) is 0 Å². The minimum atomic E-state index is -2.88. The SMILES string of the molecule is COC(=O)Cc1cc(F)nc(CCl)c1C(F)F. The molecule has 1 aromatic rings. The standard InChI is InChI=1S/C10H9ClF3NO2/c1-17-8(16)3-5-2-7(12)15-6(4-11)9(5)10(13)14/h2,10H,3-4H2,1H3. The molecule has 0 radical (unpaired) electrons. The van der Waals surface area contributed by atoms with Crippen molar-refractivity contribution in [1.29, 1.82) is 0 Å². The van der Waals surface area contributed by atoms with E-state index in [1.54, 1.807) is 0 Å². The minimum absolute atomic E-state index is 0.157. The van der Waals surface area contributed by atoms with Crippen LogP contribution in [0, 0.1) is 5.95 Å². The van der Waals surface area contributed by atoms with E-state index in [4.69, 9.17) is 11.6 Å². The molecule has 3 nitrogen and oxygen atoms in total. The average molecular weight is 268 g/mol. The number of methoxy groups -OCH3 is 1. The van der Waals surface area contributed by atoms with Gasteiger partial charge in [0.1, 0.15) is 0 Å². The summed E-state index contributed by atoms with van der Waals surface area (Å²) in [5, 5.41) is 0. The number of pyridine rings is 1. The van der Waals surface area contributed by atoms with Crippen LogP contribution in [0.5, 0.6) is 0 Å². The molecule has 0 saturated carbocycles. The van der Waals surface area contributed by atoms with Crippen LogP contribution in [0.4, 0.5) is 13.2 Å². The number of nitrogens with zero attached hydrogens (tertiary/aromatic N) is 1. The number of esters is 1. The Labute approximate surface area is 101 Å². The van der Waals surface area contributed by atoms with Crippen molar-refractivity contribution in [2.75, 3.05) is 7.11 Å². The average Bonchev–Trinajstić information content (AvgIpc) is 2.27. The second-order valence-electron chi connectivity index (χ2n) is 3.15. The first-order chi connectivity index (χ1) is 7.99. The molecule has 0 aliphatic carbocycles. The summed E-state index contributed by atoms with van der Waals surface area (Å²) in [5.41, 5.74) is -0.928. The number of aromatic nitrogens is 1. The Bertz CT molecular complexity index is 426. The van der Waals surface area contributed by atoms with Crippen LogP contribution >= 0.6 is 11.6 Å². The quantitative estimate of drug-likeness (QED) is 0.478. The molecule has 0 N–H and O–H groups in total. The molecule has 0 aliphatic rings. The smallest absolute Gasteiger partial charge is 0.309 e. The lowest BCUT2D eigenvalue weighted by molar-refractivity contribution is -0.139. The highest BCUT2D eigenvalue weighted by atomic mass is 35.5. The number of alkyl halides is 3. The fourth-order valence-corrected chi connectivity index (χ4v) is 1.57. The summed E-state index contributed by atoms with van der Waals surface area (Å²) in [6, 6.07) is 0.786. The zero-order valence-electron chi connectivity index (χ0n) is 8.84. The van der Waals surface area contributed by atoms with Gasteiger partial charge in [-0.1, -0.05) is 0 Å². The van der Waals surface area contributed by atoms with Gasteiger partial charge in [0.25, 0.3) is 6.43 Å². The van der Waals surface area contributed by atoms with E-state index in [9.17, 15) is 18.0 Å². The molecule has 0 saturated heterocycles. The first-order valence-corrected chi connectivity index (χ1v) is 5.12. The van der Waals surface area contributed by atoms with Crippen LogP contribution in [-0.4, -0.2) is 18.1 Å². The van der Waals surface area contributed by atoms with Gasteiger partial charge in [0.2, 0.25) is 5.95 Å². The molecule has 7 heteroatoms. The summed E-state index contributed by atoms with van der Waals surface area (Å²) in [4.78, 5) is 14.3. The van der Waals surface area contributed by atoms with Crippen molar-refractivity contribution in [2.24, 2.45) is 0 Å². The van der Waals surface area contributed by atoms with Gasteiger partial charge in [0.05, 0.1) is 25.1 Å². The van der Waals surface area contributed by atoms with Crippen LogP contribution in [0.2, 0.25) is 0 Å². The first-order valence-electron chi connectivity index (χ1n) is 4.58. The maximum Gasteiger partial charge on any atom is 0.309 e. The Morgan fingerprint density at radius 3 is 2.71 bits per heavy atom. The van der Waals surface area contributed by atoms with Crippen molar-refractivity contribution < 1.29 is 22.7 Å². The first kappa shape index (κ1) is 13.8. The lowest BCUT2D eigenvalue weighted by Crippen LogP contribution is -2.11. The molecule has 17 heavy (non-hydrogen) atoms. The fraction of sp³-hybridized carbons (Fsp3) is 0.400. The Morgan fingerprint density at radius 1 is 1.59 bits per heavy atom. The second-order valence-corrected chi connectivity index (χ2v) is 3.42. The molecule has 1 rings (SSSR count). The molecule has 0 aliphatic heterocycles. The van der Waals surface area contributed by atoms with E-state index in [2.05, 4.69) is 9.72 Å². The zero-order chi connectivity index (χ0) is 13.0. The Kier molecular flexibility index (Phi) is 4.74. The van der Waals surface area contributed by atoms with Gasteiger partial charge in [-0.25, -0.2) is 13.8 Å². The van der Waals surface area contributed by atoms with Crippen molar-refractivity contribution in [1.82, 2.24) is 4.98 Å². The summed E-state index contributed by atoms with van der Waals surface area (Å²) in [5.74, 6) is -2.05. The molecule has 94 valence electrons. The van der Waals surface area contributed by atoms with Crippen LogP contribution in [0.1, 0.15) is 23.2 Å². The fourth-order valence-electron chi connectivity index (χ4n) is 1.37. The van der Waals surface area contributed by atoms with Gasteiger partial charge in [-0.05, 0) is 11.6 Å². The molecule has 0 amide bonds. The van der Waals surface area contributed by atoms with Crippen LogP contribution in [0.25, 0.3) is 0 Å². The predicted octanol–water partition coefficient (Wildman–Crippen LogP) is 2.61. The summed E-state index contributed by atoms with van der Waals surface area (Å²) < 4.78 is 43.0. The molecule has 1 heterocycles. The van der Waals surface area contributed by atoms with Gasteiger partial charge < -0.3 is 4.74 Å². The molecular weight excluding hydrogens is 259 g/mol. The van der Waals surface area contributed by atoms with E-state index in [0.29, 0.717) is 0 Å². The molecular formula is C10H9ClF3NO2.